The van der Waals surface area contributed by atoms with Crippen LogP contribution in [0.5, 0.6) is 5.88 Å². The number of rotatable bonds is 4. The average Bonchev–Trinajstić information content (AvgIpc) is 2.45. The third-order valence-corrected chi connectivity index (χ3v) is 3.43. The number of pyridine rings is 1. The Morgan fingerprint density at radius 3 is 2.82 bits per heavy atom. The number of halogens is 2. The fourth-order valence-electron chi connectivity index (χ4n) is 2.15. The Morgan fingerprint density at radius 2 is 2.09 bits per heavy atom. The molecule has 2 aromatic heterocycles. The highest BCUT2D eigenvalue weighted by atomic mass is 35.5. The van der Waals surface area contributed by atoms with Crippen LogP contribution in [0.1, 0.15) is 10.4 Å². The Kier molecular flexibility index (Phi) is 4.15. The molecule has 6 nitrogen and oxygen atoms in total. The first-order chi connectivity index (χ1) is 10.6. The minimum Gasteiger partial charge on any atom is -0.476 e. The van der Waals surface area contributed by atoms with Crippen molar-refractivity contribution in [2.24, 2.45) is 5.92 Å². The molecule has 0 spiro atoms. The van der Waals surface area contributed by atoms with Gasteiger partial charge in [-0.05, 0) is 6.07 Å². The molecule has 8 heteroatoms. The van der Waals surface area contributed by atoms with E-state index in [0.717, 1.165) is 6.20 Å². The summed E-state index contributed by atoms with van der Waals surface area (Å²) in [4.78, 5) is 25.2. The fourth-order valence-corrected chi connectivity index (χ4v) is 2.29. The van der Waals surface area contributed by atoms with Crippen LogP contribution in [-0.4, -0.2) is 45.5 Å². The highest BCUT2D eigenvalue weighted by molar-refractivity contribution is 6.29. The Labute approximate surface area is 130 Å². The van der Waals surface area contributed by atoms with Gasteiger partial charge in [0.15, 0.2) is 5.15 Å². The van der Waals surface area contributed by atoms with Crippen molar-refractivity contribution in [1.29, 1.82) is 0 Å². The molecule has 0 radical (unpaired) electrons. The van der Waals surface area contributed by atoms with E-state index >= 15 is 0 Å². The van der Waals surface area contributed by atoms with Gasteiger partial charge >= 0.3 is 0 Å². The van der Waals surface area contributed by atoms with Gasteiger partial charge < -0.3 is 9.64 Å². The summed E-state index contributed by atoms with van der Waals surface area (Å²) in [5.74, 6) is -0.200. The molecule has 0 aliphatic carbocycles. The SMILES string of the molecule is O=C(c1cncc(F)c1)N1CC(COc2cncc(Cl)n2)C1. The molecule has 0 saturated carbocycles. The molecule has 0 bridgehead atoms. The zero-order valence-corrected chi connectivity index (χ0v) is 12.2. The van der Waals surface area contributed by atoms with E-state index in [1.807, 2.05) is 0 Å². The summed E-state index contributed by atoms with van der Waals surface area (Å²) < 4.78 is 18.5. The molecule has 22 heavy (non-hydrogen) atoms. The van der Waals surface area contributed by atoms with E-state index in [-0.39, 0.29) is 22.5 Å². The number of aromatic nitrogens is 3. The Balaban J connectivity index is 1.49. The van der Waals surface area contributed by atoms with Crippen LogP contribution in [0.2, 0.25) is 5.15 Å². The van der Waals surface area contributed by atoms with E-state index in [9.17, 15) is 9.18 Å². The summed E-state index contributed by atoms with van der Waals surface area (Å²) in [5, 5.41) is 0.265. The number of carbonyl (C=O) groups is 1. The normalized spacial score (nSPS) is 14.5. The molecule has 0 N–H and O–H groups in total. The predicted octanol–water partition coefficient (Wildman–Crippen LogP) is 1.82. The number of carbonyl (C=O) groups excluding carboxylic acids is 1. The molecular weight excluding hydrogens is 311 g/mol. The van der Waals surface area contributed by atoms with Gasteiger partial charge in [-0.1, -0.05) is 11.6 Å². The summed E-state index contributed by atoms with van der Waals surface area (Å²) in [5.41, 5.74) is 0.250. The molecule has 1 aliphatic rings. The second kappa shape index (κ2) is 6.23. The van der Waals surface area contributed by atoms with Crippen LogP contribution < -0.4 is 4.74 Å². The lowest BCUT2D eigenvalue weighted by molar-refractivity contribution is 0.0387. The van der Waals surface area contributed by atoms with E-state index < -0.39 is 5.82 Å². The molecular formula is C14H12ClFN4O2. The number of nitrogens with zero attached hydrogens (tertiary/aromatic N) is 4. The summed E-state index contributed by atoms with van der Waals surface area (Å²) in [7, 11) is 0. The van der Waals surface area contributed by atoms with Crippen molar-refractivity contribution < 1.29 is 13.9 Å². The first-order valence-electron chi connectivity index (χ1n) is 6.62. The summed E-state index contributed by atoms with van der Waals surface area (Å²) in [6, 6.07) is 1.18. The van der Waals surface area contributed by atoms with Crippen molar-refractivity contribution in [2.45, 2.75) is 0 Å². The van der Waals surface area contributed by atoms with E-state index in [1.165, 1.54) is 24.7 Å². The number of hydrogen-bond donors (Lipinski definition) is 0. The fraction of sp³-hybridized carbons (Fsp3) is 0.286. The van der Waals surface area contributed by atoms with Crippen molar-refractivity contribution in [3.8, 4) is 5.88 Å². The minimum atomic E-state index is -0.522. The molecule has 1 saturated heterocycles. The topological polar surface area (TPSA) is 68.2 Å². The van der Waals surface area contributed by atoms with Gasteiger partial charge in [0.2, 0.25) is 5.88 Å². The van der Waals surface area contributed by atoms with Crippen LogP contribution in [0, 0.1) is 11.7 Å². The first-order valence-corrected chi connectivity index (χ1v) is 7.00. The second-order valence-corrected chi connectivity index (χ2v) is 5.35. The average molecular weight is 323 g/mol. The van der Waals surface area contributed by atoms with Gasteiger partial charge in [-0.2, -0.15) is 4.98 Å². The summed E-state index contributed by atoms with van der Waals surface area (Å²) in [6.07, 6.45) is 5.32. The highest BCUT2D eigenvalue weighted by Crippen LogP contribution is 2.20. The molecule has 114 valence electrons. The number of hydrogen-bond acceptors (Lipinski definition) is 5. The van der Waals surface area contributed by atoms with Crippen molar-refractivity contribution in [3.05, 3.63) is 47.4 Å². The lowest BCUT2D eigenvalue weighted by Gasteiger charge is -2.38. The molecule has 1 aliphatic heterocycles. The van der Waals surface area contributed by atoms with Gasteiger partial charge in [0.05, 0.1) is 30.8 Å². The zero-order valence-electron chi connectivity index (χ0n) is 11.4. The van der Waals surface area contributed by atoms with Gasteiger partial charge in [0.1, 0.15) is 5.82 Å². The van der Waals surface area contributed by atoms with E-state index in [2.05, 4.69) is 15.0 Å². The maximum atomic E-state index is 13.1. The number of likely N-dealkylation sites (tertiary alicyclic amines) is 1. The quantitative estimate of drug-likeness (QED) is 0.859. The Hall–Kier alpha value is -2.28. The monoisotopic (exact) mass is 322 g/mol. The molecule has 0 unspecified atom stereocenters. The van der Waals surface area contributed by atoms with Gasteiger partial charge in [0, 0.05) is 25.2 Å². The maximum absolute atomic E-state index is 13.1. The second-order valence-electron chi connectivity index (χ2n) is 4.96. The van der Waals surface area contributed by atoms with Gasteiger partial charge in [-0.15, -0.1) is 0 Å². The lowest BCUT2D eigenvalue weighted by atomic mass is 10.0. The Morgan fingerprint density at radius 1 is 1.32 bits per heavy atom. The molecule has 0 aromatic carbocycles. The molecule has 0 atom stereocenters. The van der Waals surface area contributed by atoms with Gasteiger partial charge in [-0.3, -0.25) is 14.8 Å². The van der Waals surface area contributed by atoms with Crippen molar-refractivity contribution in [3.63, 3.8) is 0 Å². The number of amides is 1. The zero-order chi connectivity index (χ0) is 15.5. The van der Waals surface area contributed by atoms with Crippen LogP contribution in [0.3, 0.4) is 0 Å². The van der Waals surface area contributed by atoms with Gasteiger partial charge in [0.25, 0.3) is 5.91 Å². The van der Waals surface area contributed by atoms with E-state index in [0.29, 0.717) is 25.6 Å². The van der Waals surface area contributed by atoms with Crippen LogP contribution >= 0.6 is 11.6 Å². The van der Waals surface area contributed by atoms with Crippen molar-refractivity contribution >= 4 is 17.5 Å². The van der Waals surface area contributed by atoms with Crippen LogP contribution in [-0.2, 0) is 0 Å². The molecule has 1 fully saturated rings. The third kappa shape index (κ3) is 3.30. The molecule has 3 rings (SSSR count). The lowest BCUT2D eigenvalue weighted by Crippen LogP contribution is -2.52. The summed E-state index contributed by atoms with van der Waals surface area (Å²) >= 11 is 5.71. The molecule has 3 heterocycles. The van der Waals surface area contributed by atoms with Crippen molar-refractivity contribution in [2.75, 3.05) is 19.7 Å². The third-order valence-electron chi connectivity index (χ3n) is 3.25. The summed E-state index contributed by atoms with van der Waals surface area (Å²) in [6.45, 7) is 1.51. The smallest absolute Gasteiger partial charge is 0.255 e. The number of ether oxygens (including phenoxy) is 1. The van der Waals surface area contributed by atoms with Crippen LogP contribution in [0.25, 0.3) is 0 Å². The molecule has 2 aromatic rings. The van der Waals surface area contributed by atoms with Crippen LogP contribution in [0.4, 0.5) is 4.39 Å². The van der Waals surface area contributed by atoms with Crippen molar-refractivity contribution in [1.82, 2.24) is 19.9 Å². The van der Waals surface area contributed by atoms with Crippen LogP contribution in [0.15, 0.2) is 30.9 Å². The largest absolute Gasteiger partial charge is 0.476 e. The van der Waals surface area contributed by atoms with E-state index in [1.54, 1.807) is 4.90 Å². The predicted molar refractivity (Wildman–Crippen MR) is 76.1 cm³/mol. The molecule has 1 amide bonds. The minimum absolute atomic E-state index is 0.200. The first kappa shape index (κ1) is 14.6. The standard InChI is InChI=1S/C14H12ClFN4O2/c15-12-4-18-5-13(19-12)22-8-9-6-20(7-9)14(21)10-1-11(16)3-17-2-10/h1-5,9H,6-8H2. The Bertz CT molecular complexity index is 694. The van der Waals surface area contributed by atoms with Gasteiger partial charge in [-0.25, -0.2) is 4.39 Å². The van der Waals surface area contributed by atoms with E-state index in [4.69, 9.17) is 16.3 Å². The highest BCUT2D eigenvalue weighted by Gasteiger charge is 2.32. The maximum Gasteiger partial charge on any atom is 0.255 e.